The largest absolute Gasteiger partial charge is 0.497 e. The molecule has 0 atom stereocenters. The average Bonchev–Trinajstić information content (AvgIpc) is 2.38. The number of hydrazine groups is 1. The molecule has 5 nitrogen and oxygen atoms in total. The Bertz CT molecular complexity index is 510. The fourth-order valence-electron chi connectivity index (χ4n) is 1.54. The molecule has 1 aromatic carbocycles. The van der Waals surface area contributed by atoms with Gasteiger partial charge in [0.1, 0.15) is 5.75 Å². The third-order valence-corrected chi connectivity index (χ3v) is 2.37. The molecular weight excluding hydrogens is 216 g/mol. The maximum atomic E-state index is 5.32. The highest BCUT2D eigenvalue weighted by molar-refractivity contribution is 5.61. The molecule has 0 saturated carbocycles. The number of anilines is 1. The zero-order valence-electron chi connectivity index (χ0n) is 9.77. The predicted octanol–water partition coefficient (Wildman–Crippen LogP) is 1.75. The number of nitrogens with one attached hydrogen (secondary N) is 1. The number of rotatable bonds is 3. The standard InChI is InChI=1S/C12H14N4O/c1-8-7-11(15-12(14-8)16-13)9-3-5-10(17-2)6-4-9/h3-7H,13H2,1-2H3,(H,14,15,16). The van der Waals surface area contributed by atoms with Gasteiger partial charge in [0.15, 0.2) is 0 Å². The van der Waals surface area contributed by atoms with Crippen molar-refractivity contribution >= 4 is 5.95 Å². The molecule has 2 rings (SSSR count). The van der Waals surface area contributed by atoms with Gasteiger partial charge in [0, 0.05) is 11.3 Å². The van der Waals surface area contributed by atoms with Crippen LogP contribution in [0.15, 0.2) is 30.3 Å². The summed E-state index contributed by atoms with van der Waals surface area (Å²) in [6, 6.07) is 9.58. The predicted molar refractivity (Wildman–Crippen MR) is 66.6 cm³/mol. The number of ether oxygens (including phenoxy) is 1. The lowest BCUT2D eigenvalue weighted by molar-refractivity contribution is 0.415. The number of hydrogen-bond donors (Lipinski definition) is 2. The molecule has 3 N–H and O–H groups in total. The first-order valence-electron chi connectivity index (χ1n) is 5.19. The zero-order chi connectivity index (χ0) is 12.3. The Labute approximate surface area is 99.6 Å². The van der Waals surface area contributed by atoms with Crippen molar-refractivity contribution in [1.29, 1.82) is 0 Å². The lowest BCUT2D eigenvalue weighted by Crippen LogP contribution is -2.11. The van der Waals surface area contributed by atoms with Crippen LogP contribution in [0.2, 0.25) is 0 Å². The Morgan fingerprint density at radius 3 is 2.47 bits per heavy atom. The van der Waals surface area contributed by atoms with Crippen molar-refractivity contribution in [3.8, 4) is 17.0 Å². The van der Waals surface area contributed by atoms with E-state index in [2.05, 4.69) is 15.4 Å². The van der Waals surface area contributed by atoms with Gasteiger partial charge in [-0.2, -0.15) is 0 Å². The molecular formula is C12H14N4O. The summed E-state index contributed by atoms with van der Waals surface area (Å²) >= 11 is 0. The number of nitrogens with zero attached hydrogens (tertiary/aromatic N) is 2. The quantitative estimate of drug-likeness (QED) is 0.620. The molecule has 1 heterocycles. The molecule has 0 unspecified atom stereocenters. The van der Waals surface area contributed by atoms with Gasteiger partial charge in [-0.05, 0) is 37.3 Å². The summed E-state index contributed by atoms with van der Waals surface area (Å²) in [5.41, 5.74) is 5.13. The Morgan fingerprint density at radius 1 is 1.18 bits per heavy atom. The number of aryl methyl sites for hydroxylation is 1. The molecule has 0 aliphatic rings. The summed E-state index contributed by atoms with van der Waals surface area (Å²) in [7, 11) is 1.64. The minimum absolute atomic E-state index is 0.413. The zero-order valence-corrected chi connectivity index (χ0v) is 9.77. The van der Waals surface area contributed by atoms with Crippen molar-refractivity contribution in [1.82, 2.24) is 9.97 Å². The second-order valence-corrected chi connectivity index (χ2v) is 3.59. The van der Waals surface area contributed by atoms with E-state index >= 15 is 0 Å². The molecule has 0 spiro atoms. The van der Waals surface area contributed by atoms with Crippen molar-refractivity contribution < 1.29 is 4.74 Å². The average molecular weight is 230 g/mol. The maximum Gasteiger partial charge on any atom is 0.237 e. The summed E-state index contributed by atoms with van der Waals surface area (Å²) in [5, 5.41) is 0. The topological polar surface area (TPSA) is 73.1 Å². The first-order chi connectivity index (χ1) is 8.22. The first kappa shape index (κ1) is 11.3. The Morgan fingerprint density at radius 2 is 1.88 bits per heavy atom. The van der Waals surface area contributed by atoms with Gasteiger partial charge in [-0.25, -0.2) is 15.8 Å². The summed E-state index contributed by atoms with van der Waals surface area (Å²) < 4.78 is 5.11. The van der Waals surface area contributed by atoms with E-state index in [1.165, 1.54) is 0 Å². The Kier molecular flexibility index (Phi) is 3.20. The number of nitrogens with two attached hydrogens (primary N) is 1. The molecule has 0 amide bonds. The molecule has 88 valence electrons. The molecule has 0 aliphatic heterocycles. The van der Waals surface area contributed by atoms with E-state index in [0.717, 1.165) is 22.7 Å². The van der Waals surface area contributed by atoms with Crippen LogP contribution in [-0.4, -0.2) is 17.1 Å². The van der Waals surface area contributed by atoms with Gasteiger partial charge < -0.3 is 4.74 Å². The van der Waals surface area contributed by atoms with Crippen molar-refractivity contribution in [2.75, 3.05) is 12.5 Å². The number of hydrogen-bond acceptors (Lipinski definition) is 5. The van der Waals surface area contributed by atoms with Crippen LogP contribution >= 0.6 is 0 Å². The van der Waals surface area contributed by atoms with Crippen LogP contribution in [-0.2, 0) is 0 Å². The highest BCUT2D eigenvalue weighted by Gasteiger charge is 2.03. The van der Waals surface area contributed by atoms with Gasteiger partial charge in [0.25, 0.3) is 0 Å². The number of methoxy groups -OCH3 is 1. The normalized spacial score (nSPS) is 10.1. The van der Waals surface area contributed by atoms with E-state index in [-0.39, 0.29) is 0 Å². The number of nitrogen functional groups attached to an aromatic ring is 1. The van der Waals surface area contributed by atoms with E-state index < -0.39 is 0 Å². The summed E-state index contributed by atoms with van der Waals surface area (Å²) in [5.74, 6) is 6.55. The van der Waals surface area contributed by atoms with Gasteiger partial charge in [0.2, 0.25) is 5.95 Å². The first-order valence-corrected chi connectivity index (χ1v) is 5.19. The second kappa shape index (κ2) is 4.80. The van der Waals surface area contributed by atoms with Crippen LogP contribution in [0.1, 0.15) is 5.69 Å². The molecule has 0 fully saturated rings. The number of aromatic nitrogens is 2. The van der Waals surface area contributed by atoms with Crippen LogP contribution in [0.4, 0.5) is 5.95 Å². The van der Waals surface area contributed by atoms with Crippen LogP contribution in [0.3, 0.4) is 0 Å². The minimum atomic E-state index is 0.413. The van der Waals surface area contributed by atoms with Crippen molar-refractivity contribution in [2.24, 2.45) is 5.84 Å². The third kappa shape index (κ3) is 2.51. The SMILES string of the molecule is COc1ccc(-c2cc(C)nc(NN)n2)cc1. The second-order valence-electron chi connectivity index (χ2n) is 3.59. The molecule has 5 heteroatoms. The summed E-state index contributed by atoms with van der Waals surface area (Å²) in [4.78, 5) is 8.43. The van der Waals surface area contributed by atoms with Gasteiger partial charge >= 0.3 is 0 Å². The molecule has 17 heavy (non-hydrogen) atoms. The third-order valence-electron chi connectivity index (χ3n) is 2.37. The highest BCUT2D eigenvalue weighted by Crippen LogP contribution is 2.21. The van der Waals surface area contributed by atoms with Crippen LogP contribution < -0.4 is 16.0 Å². The number of benzene rings is 1. The Hall–Kier alpha value is -2.14. The molecule has 0 radical (unpaired) electrons. The fraction of sp³-hybridized carbons (Fsp3) is 0.167. The molecule has 1 aromatic heterocycles. The summed E-state index contributed by atoms with van der Waals surface area (Å²) in [6.45, 7) is 1.90. The van der Waals surface area contributed by atoms with Gasteiger partial charge in [0.05, 0.1) is 12.8 Å². The van der Waals surface area contributed by atoms with E-state index in [9.17, 15) is 0 Å². The van der Waals surface area contributed by atoms with Crippen molar-refractivity contribution in [3.63, 3.8) is 0 Å². The lowest BCUT2D eigenvalue weighted by atomic mass is 10.1. The van der Waals surface area contributed by atoms with E-state index in [1.807, 2.05) is 37.3 Å². The monoisotopic (exact) mass is 230 g/mol. The molecule has 0 saturated heterocycles. The molecule has 2 aromatic rings. The lowest BCUT2D eigenvalue weighted by Gasteiger charge is -2.06. The minimum Gasteiger partial charge on any atom is -0.497 e. The van der Waals surface area contributed by atoms with Gasteiger partial charge in [-0.15, -0.1) is 0 Å². The Balaban J connectivity index is 2.41. The highest BCUT2D eigenvalue weighted by atomic mass is 16.5. The summed E-state index contributed by atoms with van der Waals surface area (Å²) in [6.07, 6.45) is 0. The van der Waals surface area contributed by atoms with Crippen LogP contribution in [0, 0.1) is 6.92 Å². The van der Waals surface area contributed by atoms with E-state index in [1.54, 1.807) is 7.11 Å². The van der Waals surface area contributed by atoms with E-state index in [0.29, 0.717) is 5.95 Å². The molecule has 0 aliphatic carbocycles. The van der Waals surface area contributed by atoms with Crippen molar-refractivity contribution in [3.05, 3.63) is 36.0 Å². The molecule has 0 bridgehead atoms. The van der Waals surface area contributed by atoms with E-state index in [4.69, 9.17) is 10.6 Å². The van der Waals surface area contributed by atoms with Crippen molar-refractivity contribution in [2.45, 2.75) is 6.92 Å². The van der Waals surface area contributed by atoms with Gasteiger partial charge in [-0.3, -0.25) is 5.43 Å². The van der Waals surface area contributed by atoms with Crippen LogP contribution in [0.25, 0.3) is 11.3 Å². The van der Waals surface area contributed by atoms with Crippen LogP contribution in [0.5, 0.6) is 5.75 Å². The fourth-order valence-corrected chi connectivity index (χ4v) is 1.54. The maximum absolute atomic E-state index is 5.32. The van der Waals surface area contributed by atoms with Gasteiger partial charge in [-0.1, -0.05) is 0 Å². The smallest absolute Gasteiger partial charge is 0.237 e.